The van der Waals surface area contributed by atoms with Crippen molar-refractivity contribution >= 4 is 15.9 Å². The molecule has 0 spiro atoms. The summed E-state index contributed by atoms with van der Waals surface area (Å²) in [4.78, 5) is 0. The van der Waals surface area contributed by atoms with E-state index in [9.17, 15) is 4.39 Å². The Morgan fingerprint density at radius 1 is 1.55 bits per heavy atom. The second-order valence-corrected chi connectivity index (χ2v) is 3.03. The normalized spacial score (nSPS) is 10.1. The monoisotopic (exact) mass is 218 g/mol. The van der Waals surface area contributed by atoms with Gasteiger partial charge in [-0.25, -0.2) is 4.39 Å². The molecule has 0 aliphatic rings. The molecular weight excluding hydrogens is 211 g/mol. The Hall–Kier alpha value is -0.450. The Kier molecular flexibility index (Phi) is 2.99. The van der Waals surface area contributed by atoms with Crippen molar-refractivity contribution in [1.29, 1.82) is 0 Å². The first kappa shape index (κ1) is 8.64. The quantitative estimate of drug-likeness (QED) is 0.585. The van der Waals surface area contributed by atoms with Crippen LogP contribution in [0.1, 0.15) is 5.56 Å². The van der Waals surface area contributed by atoms with Crippen LogP contribution >= 0.6 is 15.9 Å². The summed E-state index contributed by atoms with van der Waals surface area (Å²) in [7, 11) is 0. The molecule has 0 atom stereocenters. The topological polar surface area (TPSA) is 38.0 Å². The molecule has 0 fully saturated rings. The van der Waals surface area contributed by atoms with Gasteiger partial charge in [-0.15, -0.1) is 0 Å². The summed E-state index contributed by atoms with van der Waals surface area (Å²) < 4.78 is 13.7. The minimum absolute atomic E-state index is 0.244. The van der Waals surface area contributed by atoms with Crippen LogP contribution < -0.4 is 11.3 Å². The van der Waals surface area contributed by atoms with Crippen LogP contribution in [0.3, 0.4) is 0 Å². The molecule has 0 aliphatic heterocycles. The summed E-state index contributed by atoms with van der Waals surface area (Å²) in [5.41, 5.74) is 2.95. The number of benzene rings is 1. The molecule has 0 heterocycles. The average molecular weight is 219 g/mol. The van der Waals surface area contributed by atoms with E-state index in [0.29, 0.717) is 12.1 Å². The van der Waals surface area contributed by atoms with Gasteiger partial charge < -0.3 is 0 Å². The molecule has 0 aliphatic carbocycles. The van der Waals surface area contributed by atoms with Crippen molar-refractivity contribution in [1.82, 2.24) is 5.43 Å². The third-order valence-corrected chi connectivity index (χ3v) is 1.79. The lowest BCUT2D eigenvalue weighted by Gasteiger charge is -2.01. The van der Waals surface area contributed by atoms with Gasteiger partial charge in [-0.05, 0) is 18.2 Å². The van der Waals surface area contributed by atoms with E-state index < -0.39 is 0 Å². The van der Waals surface area contributed by atoms with Crippen molar-refractivity contribution in [3.05, 3.63) is 34.1 Å². The highest BCUT2D eigenvalue weighted by molar-refractivity contribution is 9.10. The minimum atomic E-state index is -0.244. The summed E-state index contributed by atoms with van der Waals surface area (Å²) in [6.07, 6.45) is 0. The zero-order valence-corrected chi connectivity index (χ0v) is 7.36. The second-order valence-electron chi connectivity index (χ2n) is 2.12. The van der Waals surface area contributed by atoms with Gasteiger partial charge in [-0.2, -0.15) is 0 Å². The van der Waals surface area contributed by atoms with E-state index in [-0.39, 0.29) is 5.82 Å². The second kappa shape index (κ2) is 3.80. The van der Waals surface area contributed by atoms with Crippen LogP contribution in [0.2, 0.25) is 0 Å². The van der Waals surface area contributed by atoms with Gasteiger partial charge in [0, 0.05) is 16.6 Å². The van der Waals surface area contributed by atoms with Gasteiger partial charge in [-0.1, -0.05) is 15.9 Å². The predicted octanol–water partition coefficient (Wildman–Crippen LogP) is 1.55. The van der Waals surface area contributed by atoms with Gasteiger partial charge in [0.25, 0.3) is 0 Å². The number of nitrogens with two attached hydrogens (primary N) is 1. The molecule has 0 amide bonds. The van der Waals surface area contributed by atoms with Gasteiger partial charge in [0.05, 0.1) is 0 Å². The largest absolute Gasteiger partial charge is 0.271 e. The van der Waals surface area contributed by atoms with E-state index >= 15 is 0 Å². The first-order chi connectivity index (χ1) is 5.24. The van der Waals surface area contributed by atoms with E-state index in [1.165, 1.54) is 6.07 Å². The number of rotatable bonds is 2. The van der Waals surface area contributed by atoms with E-state index in [2.05, 4.69) is 21.4 Å². The van der Waals surface area contributed by atoms with Crippen LogP contribution in [-0.4, -0.2) is 0 Å². The first-order valence-corrected chi connectivity index (χ1v) is 3.90. The molecule has 1 rings (SSSR count). The van der Waals surface area contributed by atoms with Crippen LogP contribution in [0, 0.1) is 5.82 Å². The fourth-order valence-corrected chi connectivity index (χ4v) is 1.20. The van der Waals surface area contributed by atoms with Crippen molar-refractivity contribution in [2.24, 2.45) is 5.84 Å². The molecule has 2 nitrogen and oxygen atoms in total. The Balaban J connectivity index is 2.93. The Morgan fingerprint density at radius 2 is 2.27 bits per heavy atom. The maximum atomic E-state index is 12.8. The predicted molar refractivity (Wildman–Crippen MR) is 45.1 cm³/mol. The highest BCUT2D eigenvalue weighted by Gasteiger charge is 2.00. The Morgan fingerprint density at radius 3 is 2.91 bits per heavy atom. The molecule has 1 aromatic carbocycles. The molecule has 60 valence electrons. The molecule has 0 saturated carbocycles. The number of hydrazine groups is 1. The third-order valence-electron chi connectivity index (χ3n) is 1.30. The van der Waals surface area contributed by atoms with Crippen LogP contribution in [-0.2, 0) is 6.54 Å². The van der Waals surface area contributed by atoms with Crippen molar-refractivity contribution < 1.29 is 4.39 Å². The highest BCUT2D eigenvalue weighted by Crippen LogP contribution is 2.14. The fraction of sp³-hybridized carbons (Fsp3) is 0.143. The van der Waals surface area contributed by atoms with Crippen molar-refractivity contribution in [2.75, 3.05) is 0 Å². The maximum Gasteiger partial charge on any atom is 0.127 e. The molecule has 0 saturated heterocycles. The molecular formula is C7H8BrFN2. The number of hydrogen-bond donors (Lipinski definition) is 2. The minimum Gasteiger partial charge on any atom is -0.271 e. The van der Waals surface area contributed by atoms with Gasteiger partial charge in [0.15, 0.2) is 0 Å². The molecule has 0 aromatic heterocycles. The van der Waals surface area contributed by atoms with Crippen molar-refractivity contribution in [3.8, 4) is 0 Å². The Bertz CT molecular complexity index is 252. The number of hydrogen-bond acceptors (Lipinski definition) is 2. The molecule has 1 aromatic rings. The van der Waals surface area contributed by atoms with Crippen LogP contribution in [0.15, 0.2) is 22.7 Å². The van der Waals surface area contributed by atoms with E-state index in [4.69, 9.17) is 5.84 Å². The number of nitrogens with one attached hydrogen (secondary N) is 1. The van der Waals surface area contributed by atoms with Gasteiger partial charge in [0.2, 0.25) is 0 Å². The highest BCUT2D eigenvalue weighted by atomic mass is 79.9. The summed E-state index contributed by atoms with van der Waals surface area (Å²) in [5.74, 6) is 4.80. The van der Waals surface area contributed by atoms with E-state index in [1.807, 2.05) is 0 Å². The van der Waals surface area contributed by atoms with E-state index in [0.717, 1.165) is 4.47 Å². The van der Waals surface area contributed by atoms with E-state index in [1.54, 1.807) is 12.1 Å². The Labute approximate surface area is 72.7 Å². The molecule has 0 unspecified atom stereocenters. The van der Waals surface area contributed by atoms with Gasteiger partial charge in [-0.3, -0.25) is 11.3 Å². The summed E-state index contributed by atoms with van der Waals surface area (Å²) in [5, 5.41) is 0. The van der Waals surface area contributed by atoms with Gasteiger partial charge in [0.1, 0.15) is 5.82 Å². The van der Waals surface area contributed by atoms with Crippen molar-refractivity contribution in [3.63, 3.8) is 0 Å². The maximum absolute atomic E-state index is 12.8. The van der Waals surface area contributed by atoms with Gasteiger partial charge >= 0.3 is 0 Å². The third kappa shape index (κ3) is 2.25. The first-order valence-electron chi connectivity index (χ1n) is 3.11. The standard InChI is InChI=1S/C7H8BrFN2/c8-6-1-2-7(9)5(3-6)4-11-10/h1-3,11H,4,10H2. The fourth-order valence-electron chi connectivity index (χ4n) is 0.789. The average Bonchev–Trinajstić information content (AvgIpc) is 1.98. The van der Waals surface area contributed by atoms with Crippen LogP contribution in [0.4, 0.5) is 4.39 Å². The van der Waals surface area contributed by atoms with Crippen molar-refractivity contribution in [2.45, 2.75) is 6.54 Å². The number of halogens is 2. The van der Waals surface area contributed by atoms with Crippen LogP contribution in [0.5, 0.6) is 0 Å². The lowest BCUT2D eigenvalue weighted by atomic mass is 10.2. The molecule has 11 heavy (non-hydrogen) atoms. The molecule has 0 radical (unpaired) electrons. The molecule has 0 bridgehead atoms. The summed E-state index contributed by atoms with van der Waals surface area (Å²) in [6, 6.07) is 4.74. The lowest BCUT2D eigenvalue weighted by molar-refractivity contribution is 0.593. The van der Waals surface area contributed by atoms with Crippen LogP contribution in [0.25, 0.3) is 0 Å². The summed E-state index contributed by atoms with van der Waals surface area (Å²) >= 11 is 3.23. The zero-order chi connectivity index (χ0) is 8.27. The SMILES string of the molecule is NNCc1cc(Br)ccc1F. The lowest BCUT2D eigenvalue weighted by Crippen LogP contribution is -2.21. The zero-order valence-electron chi connectivity index (χ0n) is 5.77. The molecule has 4 heteroatoms. The summed E-state index contributed by atoms with van der Waals surface area (Å²) in [6.45, 7) is 0.339. The molecule has 3 N–H and O–H groups in total. The smallest absolute Gasteiger partial charge is 0.127 e.